The van der Waals surface area contributed by atoms with Crippen LogP contribution in [0, 0.1) is 5.92 Å². The van der Waals surface area contributed by atoms with Gasteiger partial charge in [-0.25, -0.2) is 0 Å². The maximum absolute atomic E-state index is 10.7. The normalized spacial score (nSPS) is 21.4. The summed E-state index contributed by atoms with van der Waals surface area (Å²) in [5.41, 5.74) is 0. The smallest absolute Gasteiger partial charge is 0.0357 e. The zero-order chi connectivity index (χ0) is 8.81. The van der Waals surface area contributed by atoms with E-state index in [9.17, 15) is 4.21 Å². The minimum Gasteiger partial charge on any atom is -0.316 e. The minimum absolute atomic E-state index is 0.631. The Morgan fingerprint density at radius 3 is 2.67 bits per heavy atom. The fourth-order valence-corrected chi connectivity index (χ4v) is 2.17. The highest BCUT2D eigenvalue weighted by atomic mass is 32.2. The van der Waals surface area contributed by atoms with Gasteiger partial charge in [0, 0.05) is 29.4 Å². The number of nitrogens with one attached hydrogen (secondary N) is 1. The summed E-state index contributed by atoms with van der Waals surface area (Å²) in [4.78, 5) is 0. The molecule has 0 aliphatic heterocycles. The summed E-state index contributed by atoms with van der Waals surface area (Å²) in [6.07, 6.45) is 7.36. The molecule has 1 atom stereocenters. The zero-order valence-corrected chi connectivity index (χ0v) is 8.66. The Labute approximate surface area is 77.6 Å². The fourth-order valence-electron chi connectivity index (χ4n) is 1.74. The van der Waals surface area contributed by atoms with Crippen LogP contribution >= 0.6 is 0 Å². The van der Waals surface area contributed by atoms with Crippen LogP contribution in [0.15, 0.2) is 0 Å². The molecule has 0 spiro atoms. The Morgan fingerprint density at radius 2 is 2.08 bits per heavy atom. The maximum atomic E-state index is 10.7. The first-order valence-electron chi connectivity index (χ1n) is 4.80. The van der Waals surface area contributed by atoms with Crippen molar-refractivity contribution < 1.29 is 4.21 Å². The molecule has 2 nitrogen and oxygen atoms in total. The number of hydrogen-bond acceptors (Lipinski definition) is 2. The van der Waals surface area contributed by atoms with Crippen molar-refractivity contribution in [2.45, 2.75) is 25.7 Å². The largest absolute Gasteiger partial charge is 0.316 e. The summed E-state index contributed by atoms with van der Waals surface area (Å²) in [6, 6.07) is 0. The van der Waals surface area contributed by atoms with Gasteiger partial charge in [-0.3, -0.25) is 4.21 Å². The van der Waals surface area contributed by atoms with Gasteiger partial charge < -0.3 is 5.32 Å². The SMILES string of the molecule is CS(=O)CCNCC1CCCC1. The van der Waals surface area contributed by atoms with Crippen LogP contribution in [0.5, 0.6) is 0 Å². The Balaban J connectivity index is 1.91. The quantitative estimate of drug-likeness (QED) is 0.657. The Morgan fingerprint density at radius 1 is 1.42 bits per heavy atom. The molecule has 3 heteroatoms. The highest BCUT2D eigenvalue weighted by molar-refractivity contribution is 7.84. The number of rotatable bonds is 5. The maximum Gasteiger partial charge on any atom is 0.0357 e. The van der Waals surface area contributed by atoms with Gasteiger partial charge in [-0.05, 0) is 25.3 Å². The second-order valence-electron chi connectivity index (χ2n) is 3.63. The molecule has 0 saturated heterocycles. The van der Waals surface area contributed by atoms with Crippen LogP contribution in [0.1, 0.15) is 25.7 Å². The Kier molecular flexibility index (Phi) is 4.84. The summed E-state index contributed by atoms with van der Waals surface area (Å²) < 4.78 is 10.7. The lowest BCUT2D eigenvalue weighted by Gasteiger charge is -2.09. The fraction of sp³-hybridized carbons (Fsp3) is 1.00. The molecule has 12 heavy (non-hydrogen) atoms. The predicted molar refractivity (Wildman–Crippen MR) is 53.8 cm³/mol. The first kappa shape index (κ1) is 10.2. The van der Waals surface area contributed by atoms with Crippen molar-refractivity contribution in [2.75, 3.05) is 25.1 Å². The lowest BCUT2D eigenvalue weighted by molar-refractivity contribution is 0.499. The Hall–Kier alpha value is 0.110. The average Bonchev–Trinajstić information content (AvgIpc) is 2.49. The van der Waals surface area contributed by atoms with E-state index in [4.69, 9.17) is 0 Å². The molecule has 0 aromatic heterocycles. The van der Waals surface area contributed by atoms with E-state index in [1.54, 1.807) is 6.26 Å². The van der Waals surface area contributed by atoms with Crippen molar-refractivity contribution in [1.29, 1.82) is 0 Å². The third-order valence-electron chi connectivity index (χ3n) is 2.47. The van der Waals surface area contributed by atoms with Crippen LogP contribution in [0.2, 0.25) is 0 Å². The lowest BCUT2D eigenvalue weighted by Crippen LogP contribution is -2.25. The van der Waals surface area contributed by atoms with Crippen LogP contribution in [0.4, 0.5) is 0 Å². The van der Waals surface area contributed by atoms with Crippen molar-refractivity contribution >= 4 is 10.8 Å². The molecular formula is C9H19NOS. The highest BCUT2D eigenvalue weighted by Gasteiger charge is 2.13. The topological polar surface area (TPSA) is 29.1 Å². The summed E-state index contributed by atoms with van der Waals surface area (Å²) >= 11 is 0. The summed E-state index contributed by atoms with van der Waals surface area (Å²) in [6.45, 7) is 2.05. The van der Waals surface area contributed by atoms with Gasteiger partial charge in [-0.2, -0.15) is 0 Å². The van der Waals surface area contributed by atoms with Crippen LogP contribution in [-0.2, 0) is 10.8 Å². The molecule has 1 aliphatic rings. The average molecular weight is 189 g/mol. The van der Waals surface area contributed by atoms with E-state index in [2.05, 4.69) is 5.32 Å². The van der Waals surface area contributed by atoms with E-state index in [1.165, 1.54) is 25.7 Å². The molecule has 72 valence electrons. The van der Waals surface area contributed by atoms with E-state index >= 15 is 0 Å². The van der Waals surface area contributed by atoms with Crippen LogP contribution in [0.25, 0.3) is 0 Å². The molecule has 1 aliphatic carbocycles. The van der Waals surface area contributed by atoms with Gasteiger partial charge in [0.25, 0.3) is 0 Å². The van der Waals surface area contributed by atoms with Crippen LogP contribution < -0.4 is 5.32 Å². The molecule has 0 bridgehead atoms. The second kappa shape index (κ2) is 5.70. The van der Waals surface area contributed by atoms with Gasteiger partial charge in [0.05, 0.1) is 0 Å². The van der Waals surface area contributed by atoms with Gasteiger partial charge in [0.15, 0.2) is 0 Å². The van der Waals surface area contributed by atoms with Gasteiger partial charge in [0.1, 0.15) is 0 Å². The third kappa shape index (κ3) is 4.21. The van der Waals surface area contributed by atoms with E-state index in [1.807, 2.05) is 0 Å². The predicted octanol–water partition coefficient (Wildman–Crippen LogP) is 1.14. The van der Waals surface area contributed by atoms with Crippen LogP contribution in [-0.4, -0.2) is 29.3 Å². The molecule has 1 saturated carbocycles. The second-order valence-corrected chi connectivity index (χ2v) is 5.19. The van der Waals surface area contributed by atoms with Crippen molar-refractivity contribution in [2.24, 2.45) is 5.92 Å². The molecule has 1 fully saturated rings. The van der Waals surface area contributed by atoms with Crippen molar-refractivity contribution in [3.05, 3.63) is 0 Å². The van der Waals surface area contributed by atoms with Gasteiger partial charge in [-0.1, -0.05) is 12.8 Å². The van der Waals surface area contributed by atoms with Gasteiger partial charge in [-0.15, -0.1) is 0 Å². The van der Waals surface area contributed by atoms with Crippen molar-refractivity contribution in [1.82, 2.24) is 5.32 Å². The van der Waals surface area contributed by atoms with E-state index in [0.29, 0.717) is 0 Å². The molecule has 0 amide bonds. The minimum atomic E-state index is -0.631. The molecular weight excluding hydrogens is 170 g/mol. The third-order valence-corrected chi connectivity index (χ3v) is 3.25. The molecule has 0 radical (unpaired) electrons. The van der Waals surface area contributed by atoms with Gasteiger partial charge in [0.2, 0.25) is 0 Å². The first-order valence-corrected chi connectivity index (χ1v) is 6.52. The number of hydrogen-bond donors (Lipinski definition) is 1. The summed E-state index contributed by atoms with van der Waals surface area (Å²) in [7, 11) is -0.631. The van der Waals surface area contributed by atoms with E-state index < -0.39 is 10.8 Å². The first-order chi connectivity index (χ1) is 5.79. The lowest BCUT2D eigenvalue weighted by atomic mass is 10.1. The zero-order valence-electron chi connectivity index (χ0n) is 7.84. The molecule has 1 rings (SSSR count). The Bertz CT molecular complexity index is 143. The van der Waals surface area contributed by atoms with Crippen molar-refractivity contribution in [3.63, 3.8) is 0 Å². The van der Waals surface area contributed by atoms with E-state index in [-0.39, 0.29) is 0 Å². The summed E-state index contributed by atoms with van der Waals surface area (Å²) in [5, 5.41) is 3.37. The van der Waals surface area contributed by atoms with Crippen molar-refractivity contribution in [3.8, 4) is 0 Å². The molecule has 1 N–H and O–H groups in total. The highest BCUT2D eigenvalue weighted by Crippen LogP contribution is 2.23. The molecule has 0 aromatic carbocycles. The van der Waals surface area contributed by atoms with E-state index in [0.717, 1.165) is 24.8 Å². The standard InChI is InChI=1S/C9H19NOS/c1-12(11)7-6-10-8-9-4-2-3-5-9/h9-10H,2-8H2,1H3. The monoisotopic (exact) mass is 189 g/mol. The molecule has 0 heterocycles. The van der Waals surface area contributed by atoms with Crippen LogP contribution in [0.3, 0.4) is 0 Å². The van der Waals surface area contributed by atoms with Gasteiger partial charge >= 0.3 is 0 Å². The summed E-state index contributed by atoms with van der Waals surface area (Å²) in [5.74, 6) is 1.70. The molecule has 1 unspecified atom stereocenters. The molecule has 0 aromatic rings.